The van der Waals surface area contributed by atoms with E-state index in [2.05, 4.69) is 13.8 Å². The number of carbonyl (C=O) groups excluding carboxylic acids is 1. The maximum Gasteiger partial charge on any atom is 0.306 e. The number of carboxylic acid groups (broad SMARTS) is 1. The molecule has 0 aliphatic carbocycles. The van der Waals surface area contributed by atoms with Crippen LogP contribution in [0.1, 0.15) is 264 Å². The molecule has 1 unspecified atom stereocenters. The zero-order chi connectivity index (χ0) is 35.0. The van der Waals surface area contributed by atoms with Gasteiger partial charge in [-0.05, 0) is 32.6 Å². The van der Waals surface area contributed by atoms with Gasteiger partial charge in [0.25, 0.3) is 0 Å². The summed E-state index contributed by atoms with van der Waals surface area (Å²) in [5, 5.41) is 8.65. The van der Waals surface area contributed by atoms with E-state index in [-0.39, 0.29) is 12.1 Å². The maximum absolute atomic E-state index is 12.1. The van der Waals surface area contributed by atoms with Gasteiger partial charge in [0, 0.05) is 12.8 Å². The van der Waals surface area contributed by atoms with E-state index in [1.54, 1.807) is 0 Å². The summed E-state index contributed by atoms with van der Waals surface area (Å²) in [7, 11) is 0. The van der Waals surface area contributed by atoms with E-state index in [1.165, 1.54) is 212 Å². The molecular weight excluding hydrogens is 592 g/mol. The predicted molar refractivity (Wildman–Crippen MR) is 209 cm³/mol. The molecule has 0 amide bonds. The van der Waals surface area contributed by atoms with Crippen LogP contribution in [0.5, 0.6) is 0 Å². The lowest BCUT2D eigenvalue weighted by Gasteiger charge is -2.13. The molecule has 0 aromatic carbocycles. The smallest absolute Gasteiger partial charge is 0.306 e. The van der Waals surface area contributed by atoms with E-state index < -0.39 is 5.97 Å². The van der Waals surface area contributed by atoms with E-state index in [0.717, 1.165) is 25.7 Å². The quantitative estimate of drug-likeness (QED) is 0.0516. The Labute approximate surface area is 301 Å². The number of unbranched alkanes of at least 4 members (excludes halogenated alkanes) is 34. The van der Waals surface area contributed by atoms with Crippen LogP contribution in [0.4, 0.5) is 0 Å². The third kappa shape index (κ3) is 41.1. The maximum atomic E-state index is 12.1. The van der Waals surface area contributed by atoms with Crippen molar-refractivity contribution < 1.29 is 19.4 Å². The molecule has 0 fully saturated rings. The second-order valence-corrected chi connectivity index (χ2v) is 15.4. The first-order valence-electron chi connectivity index (χ1n) is 22.0. The second kappa shape index (κ2) is 40.4. The van der Waals surface area contributed by atoms with E-state index in [9.17, 15) is 9.59 Å². The summed E-state index contributed by atoms with van der Waals surface area (Å²) in [5.41, 5.74) is 0. The molecule has 0 rings (SSSR count). The third-order valence-electron chi connectivity index (χ3n) is 10.3. The molecule has 1 atom stereocenters. The molecule has 0 saturated heterocycles. The van der Waals surface area contributed by atoms with Crippen molar-refractivity contribution in [2.45, 2.75) is 270 Å². The van der Waals surface area contributed by atoms with Crippen LogP contribution in [0.3, 0.4) is 0 Å². The van der Waals surface area contributed by atoms with Gasteiger partial charge in [0.15, 0.2) is 0 Å². The summed E-state index contributed by atoms with van der Waals surface area (Å²) >= 11 is 0. The number of hydrogen-bond acceptors (Lipinski definition) is 3. The molecule has 0 radical (unpaired) electrons. The molecule has 4 nitrogen and oxygen atoms in total. The minimum Gasteiger partial charge on any atom is -0.481 e. The molecule has 0 spiro atoms. The second-order valence-electron chi connectivity index (χ2n) is 15.4. The highest BCUT2D eigenvalue weighted by Crippen LogP contribution is 2.17. The van der Waals surface area contributed by atoms with Crippen molar-refractivity contribution in [3.8, 4) is 0 Å². The van der Waals surface area contributed by atoms with Crippen molar-refractivity contribution in [3.63, 3.8) is 0 Å². The van der Waals surface area contributed by atoms with Crippen LogP contribution in [0, 0.1) is 0 Å². The fourth-order valence-electron chi connectivity index (χ4n) is 7.05. The molecule has 0 bridgehead atoms. The van der Waals surface area contributed by atoms with Crippen molar-refractivity contribution in [3.05, 3.63) is 0 Å². The summed E-state index contributed by atoms with van der Waals surface area (Å²) in [6, 6.07) is 0. The molecule has 0 saturated carbocycles. The van der Waals surface area contributed by atoms with Crippen molar-refractivity contribution in [2.75, 3.05) is 0 Å². The number of carboxylic acids is 1. The lowest BCUT2D eigenvalue weighted by molar-refractivity contribution is -0.148. The van der Waals surface area contributed by atoms with Gasteiger partial charge in [-0.1, -0.05) is 219 Å². The van der Waals surface area contributed by atoms with Crippen LogP contribution < -0.4 is 0 Å². The molecule has 48 heavy (non-hydrogen) atoms. The Morgan fingerprint density at radius 1 is 0.396 bits per heavy atom. The van der Waals surface area contributed by atoms with Crippen molar-refractivity contribution in [1.29, 1.82) is 0 Å². The van der Waals surface area contributed by atoms with Crippen LogP contribution in [-0.4, -0.2) is 23.1 Å². The molecule has 4 heteroatoms. The summed E-state index contributed by atoms with van der Waals surface area (Å²) in [5.74, 6) is -0.637. The topological polar surface area (TPSA) is 63.6 Å². The highest BCUT2D eigenvalue weighted by atomic mass is 16.5. The Morgan fingerprint density at radius 3 is 0.938 bits per heavy atom. The van der Waals surface area contributed by atoms with Crippen LogP contribution in [0.25, 0.3) is 0 Å². The average molecular weight is 679 g/mol. The van der Waals surface area contributed by atoms with Gasteiger partial charge in [0.1, 0.15) is 0 Å². The summed E-state index contributed by atoms with van der Waals surface area (Å²) in [4.78, 5) is 22.6. The Morgan fingerprint density at radius 2 is 0.646 bits per heavy atom. The lowest BCUT2D eigenvalue weighted by Crippen LogP contribution is -2.14. The van der Waals surface area contributed by atoms with Gasteiger partial charge in [-0.2, -0.15) is 0 Å². The fourth-order valence-corrected chi connectivity index (χ4v) is 7.05. The monoisotopic (exact) mass is 679 g/mol. The van der Waals surface area contributed by atoms with Crippen molar-refractivity contribution in [2.24, 2.45) is 0 Å². The fraction of sp³-hybridized carbons (Fsp3) is 0.955. The summed E-state index contributed by atoms with van der Waals surface area (Å²) < 4.78 is 5.65. The minimum atomic E-state index is -0.654. The number of ether oxygens (including phenoxy) is 1. The Balaban J connectivity index is 3.21. The molecule has 0 aliphatic rings. The minimum absolute atomic E-state index is 0.0171. The molecule has 286 valence electrons. The van der Waals surface area contributed by atoms with Gasteiger partial charge in [-0.15, -0.1) is 0 Å². The standard InChI is InChI=1S/C44H86O4/c1-3-4-5-6-7-8-24-29-32-35-38-41-44(47)48-42(2)39-36-33-30-27-25-22-20-18-16-14-12-10-9-11-13-15-17-19-21-23-26-28-31-34-37-40-43(45)46/h42H,3-41H2,1-2H3,(H,45,46). The number of esters is 1. The number of aliphatic carboxylic acids is 1. The van der Waals surface area contributed by atoms with Crippen molar-refractivity contribution in [1.82, 2.24) is 0 Å². The number of carbonyl (C=O) groups is 2. The van der Waals surface area contributed by atoms with Gasteiger partial charge in [-0.25, -0.2) is 0 Å². The van der Waals surface area contributed by atoms with Crippen LogP contribution in [0.15, 0.2) is 0 Å². The normalized spacial score (nSPS) is 12.0. The Kier molecular flexibility index (Phi) is 39.5. The molecule has 0 aromatic heterocycles. The summed E-state index contributed by atoms with van der Waals surface area (Å²) in [6.45, 7) is 4.35. The SMILES string of the molecule is CCCCCCCCCCCCCC(=O)OC(C)CCCCCCCCCCCCCCCCCCCCCCCCCCCC(=O)O. The highest BCUT2D eigenvalue weighted by molar-refractivity contribution is 5.69. The largest absolute Gasteiger partial charge is 0.481 e. The van der Waals surface area contributed by atoms with E-state index in [1.807, 2.05) is 0 Å². The molecule has 0 aromatic rings. The van der Waals surface area contributed by atoms with E-state index in [0.29, 0.717) is 12.8 Å². The Bertz CT molecular complexity index is 648. The molecule has 0 aliphatic heterocycles. The Hall–Kier alpha value is -1.06. The van der Waals surface area contributed by atoms with Gasteiger partial charge in [-0.3, -0.25) is 9.59 Å². The first kappa shape index (κ1) is 46.9. The van der Waals surface area contributed by atoms with Gasteiger partial charge < -0.3 is 9.84 Å². The average Bonchev–Trinajstić information content (AvgIpc) is 3.06. The number of hydrogen-bond donors (Lipinski definition) is 1. The zero-order valence-electron chi connectivity index (χ0n) is 32.8. The van der Waals surface area contributed by atoms with Crippen LogP contribution >= 0.6 is 0 Å². The van der Waals surface area contributed by atoms with Gasteiger partial charge >= 0.3 is 11.9 Å². The van der Waals surface area contributed by atoms with Crippen molar-refractivity contribution >= 4 is 11.9 Å². The lowest BCUT2D eigenvalue weighted by atomic mass is 10.0. The first-order valence-corrected chi connectivity index (χ1v) is 22.0. The summed E-state index contributed by atoms with van der Waals surface area (Å²) in [6.07, 6.45) is 50.0. The molecule has 0 heterocycles. The van der Waals surface area contributed by atoms with Crippen LogP contribution in [0.2, 0.25) is 0 Å². The van der Waals surface area contributed by atoms with Crippen LogP contribution in [-0.2, 0) is 14.3 Å². The van der Waals surface area contributed by atoms with Gasteiger partial charge in [0.05, 0.1) is 6.10 Å². The molecule has 1 N–H and O–H groups in total. The first-order chi connectivity index (χ1) is 23.6. The van der Waals surface area contributed by atoms with Gasteiger partial charge in [0.2, 0.25) is 0 Å². The zero-order valence-corrected chi connectivity index (χ0v) is 32.8. The molecular formula is C44H86O4. The number of rotatable bonds is 41. The van der Waals surface area contributed by atoms with E-state index in [4.69, 9.17) is 9.84 Å². The predicted octanol–water partition coefficient (Wildman–Crippen LogP) is 15.2. The third-order valence-corrected chi connectivity index (χ3v) is 10.3. The highest BCUT2D eigenvalue weighted by Gasteiger charge is 2.09. The van der Waals surface area contributed by atoms with E-state index >= 15 is 0 Å².